The third-order valence-electron chi connectivity index (χ3n) is 3.97. The molecule has 0 amide bonds. The lowest BCUT2D eigenvalue weighted by Crippen LogP contribution is -2.31. The van der Waals surface area contributed by atoms with Crippen LogP contribution in [0.1, 0.15) is 25.5 Å². The van der Waals surface area contributed by atoms with Crippen molar-refractivity contribution in [1.29, 1.82) is 0 Å². The maximum Gasteiger partial charge on any atom is 0.330 e. The molecule has 1 saturated heterocycles. The molecular weight excluding hydrogens is 347 g/mol. The van der Waals surface area contributed by atoms with Gasteiger partial charge in [-0.25, -0.2) is 4.79 Å². The van der Waals surface area contributed by atoms with Crippen molar-refractivity contribution in [3.63, 3.8) is 0 Å². The molecule has 0 aromatic carbocycles. The zero-order valence-corrected chi connectivity index (χ0v) is 14.3. The molecule has 1 aliphatic rings. The number of aromatic nitrogens is 3. The fraction of sp³-hybridized carbons (Fsp3) is 0.400. The molecule has 134 valence electrons. The number of rotatable bonds is 6. The molecule has 1 unspecified atom stereocenters. The van der Waals surface area contributed by atoms with E-state index in [4.69, 9.17) is 4.74 Å². The molecule has 0 spiro atoms. The predicted molar refractivity (Wildman–Crippen MR) is 91.6 cm³/mol. The highest BCUT2D eigenvalue weighted by molar-refractivity contribution is 7.59. The summed E-state index contributed by atoms with van der Waals surface area (Å²) in [5, 5.41) is 2.60. The van der Waals surface area contributed by atoms with Crippen LogP contribution in [0, 0.1) is 0 Å². The molecule has 10 heteroatoms. The fourth-order valence-electron chi connectivity index (χ4n) is 2.76. The SMILES string of the molecule is O=c1ccn([C@H]2CC[C@@H](CCP(=O)(O)Nc3cccnc3)O2)c(=O)[nH]1. The molecule has 2 aromatic heterocycles. The van der Waals surface area contributed by atoms with Gasteiger partial charge >= 0.3 is 5.69 Å². The zero-order chi connectivity index (χ0) is 17.9. The minimum absolute atomic E-state index is 0.0415. The number of nitrogens with zero attached hydrogens (tertiary/aromatic N) is 2. The van der Waals surface area contributed by atoms with Gasteiger partial charge in [0, 0.05) is 24.6 Å². The van der Waals surface area contributed by atoms with Gasteiger partial charge in [-0.3, -0.25) is 23.9 Å². The largest absolute Gasteiger partial charge is 0.355 e. The molecule has 0 aliphatic carbocycles. The van der Waals surface area contributed by atoms with E-state index in [0.717, 1.165) is 0 Å². The van der Waals surface area contributed by atoms with Crippen LogP contribution in [0.15, 0.2) is 46.4 Å². The van der Waals surface area contributed by atoms with Gasteiger partial charge in [0.1, 0.15) is 6.23 Å². The average molecular weight is 366 g/mol. The Balaban J connectivity index is 1.55. The first-order valence-corrected chi connectivity index (χ1v) is 9.74. The Morgan fingerprint density at radius 1 is 1.40 bits per heavy atom. The molecular formula is C15H19N4O5P. The number of hydrogen-bond donors (Lipinski definition) is 3. The Bertz CT molecular complexity index is 881. The van der Waals surface area contributed by atoms with E-state index in [2.05, 4.69) is 15.1 Å². The van der Waals surface area contributed by atoms with Crippen LogP contribution in [0.5, 0.6) is 0 Å². The summed E-state index contributed by atoms with van der Waals surface area (Å²) in [6, 6.07) is 4.60. The second kappa shape index (κ2) is 7.35. The Hall–Kier alpha value is -2.22. The van der Waals surface area contributed by atoms with Crippen LogP contribution in [-0.2, 0) is 9.30 Å². The number of aromatic amines is 1. The highest BCUT2D eigenvalue weighted by atomic mass is 31.2. The van der Waals surface area contributed by atoms with Crippen molar-refractivity contribution in [2.45, 2.75) is 31.6 Å². The summed E-state index contributed by atoms with van der Waals surface area (Å²) in [7, 11) is -3.56. The summed E-state index contributed by atoms with van der Waals surface area (Å²) in [5.41, 5.74) is -0.499. The number of H-pyrrole nitrogens is 1. The summed E-state index contributed by atoms with van der Waals surface area (Å²) in [5.74, 6) is 0. The second-order valence-electron chi connectivity index (χ2n) is 5.87. The topological polar surface area (TPSA) is 126 Å². The van der Waals surface area contributed by atoms with Gasteiger partial charge in [0.25, 0.3) is 13.1 Å². The smallest absolute Gasteiger partial charge is 0.330 e. The van der Waals surface area contributed by atoms with E-state index >= 15 is 0 Å². The van der Waals surface area contributed by atoms with Crippen molar-refractivity contribution in [2.75, 3.05) is 11.2 Å². The Morgan fingerprint density at radius 3 is 2.96 bits per heavy atom. The maximum atomic E-state index is 12.2. The summed E-state index contributed by atoms with van der Waals surface area (Å²) < 4.78 is 19.4. The average Bonchev–Trinajstić information content (AvgIpc) is 3.02. The van der Waals surface area contributed by atoms with Crippen molar-refractivity contribution < 1.29 is 14.2 Å². The second-order valence-corrected chi connectivity index (χ2v) is 7.95. The Morgan fingerprint density at radius 2 is 2.24 bits per heavy atom. The van der Waals surface area contributed by atoms with E-state index in [1.54, 1.807) is 18.3 Å². The number of nitrogens with one attached hydrogen (secondary N) is 2. The van der Waals surface area contributed by atoms with E-state index < -0.39 is 25.0 Å². The number of pyridine rings is 1. The minimum atomic E-state index is -3.56. The summed E-state index contributed by atoms with van der Waals surface area (Å²) in [6.45, 7) is 0. The number of ether oxygens (including phenoxy) is 1. The standard InChI is InChI=1S/C15H19N4O5P/c20-13-5-8-19(15(21)17-13)14-4-3-12(24-14)6-9-25(22,23)18-11-2-1-7-16-10-11/h1-2,5,7-8,10,12,14H,3-4,6,9H2,(H,17,20,21)(H2,18,22,23)/t12-,14+/m0/s1. The first kappa shape index (κ1) is 17.6. The molecule has 0 radical (unpaired) electrons. The lowest BCUT2D eigenvalue weighted by atomic mass is 10.2. The van der Waals surface area contributed by atoms with Gasteiger partial charge in [-0.05, 0) is 31.4 Å². The summed E-state index contributed by atoms with van der Waals surface area (Å²) in [4.78, 5) is 39.0. The van der Waals surface area contributed by atoms with Gasteiger partial charge in [0.15, 0.2) is 0 Å². The van der Waals surface area contributed by atoms with Crippen LogP contribution < -0.4 is 16.3 Å². The quantitative estimate of drug-likeness (QED) is 0.658. The van der Waals surface area contributed by atoms with Gasteiger partial charge in [-0.1, -0.05) is 0 Å². The van der Waals surface area contributed by atoms with Gasteiger partial charge in [0.05, 0.1) is 18.0 Å². The van der Waals surface area contributed by atoms with Gasteiger partial charge in [-0.15, -0.1) is 0 Å². The zero-order valence-electron chi connectivity index (χ0n) is 13.4. The van der Waals surface area contributed by atoms with Gasteiger partial charge in [0.2, 0.25) is 0 Å². The normalized spacial score (nSPS) is 22.4. The summed E-state index contributed by atoms with van der Waals surface area (Å²) in [6.07, 6.45) is 5.46. The highest BCUT2D eigenvalue weighted by Crippen LogP contribution is 2.42. The molecule has 9 nitrogen and oxygen atoms in total. The van der Waals surface area contributed by atoms with Crippen LogP contribution in [0.3, 0.4) is 0 Å². The van der Waals surface area contributed by atoms with E-state index in [9.17, 15) is 19.0 Å². The molecule has 3 N–H and O–H groups in total. The van der Waals surface area contributed by atoms with Crippen molar-refractivity contribution in [1.82, 2.24) is 14.5 Å². The van der Waals surface area contributed by atoms with E-state index in [0.29, 0.717) is 24.9 Å². The lowest BCUT2D eigenvalue weighted by molar-refractivity contribution is -0.00186. The van der Waals surface area contributed by atoms with Crippen LogP contribution >= 0.6 is 7.52 Å². The van der Waals surface area contributed by atoms with Crippen molar-refractivity contribution in [3.8, 4) is 0 Å². The van der Waals surface area contributed by atoms with Crippen LogP contribution in [0.4, 0.5) is 5.69 Å². The molecule has 3 rings (SSSR count). The van der Waals surface area contributed by atoms with Crippen LogP contribution in [-0.4, -0.2) is 31.7 Å². The van der Waals surface area contributed by atoms with Crippen molar-refractivity contribution in [3.05, 3.63) is 57.6 Å². The van der Waals surface area contributed by atoms with E-state index in [-0.39, 0.29) is 12.3 Å². The highest BCUT2D eigenvalue weighted by Gasteiger charge is 2.29. The van der Waals surface area contributed by atoms with Gasteiger partial charge in [-0.2, -0.15) is 0 Å². The molecule has 1 aliphatic heterocycles. The van der Waals surface area contributed by atoms with E-state index in [1.165, 1.54) is 23.0 Å². The molecule has 3 atom stereocenters. The van der Waals surface area contributed by atoms with Crippen molar-refractivity contribution >= 4 is 13.2 Å². The first-order chi connectivity index (χ1) is 11.9. The molecule has 0 saturated carbocycles. The first-order valence-electron chi connectivity index (χ1n) is 7.90. The molecule has 0 bridgehead atoms. The molecule has 3 heterocycles. The van der Waals surface area contributed by atoms with Crippen molar-refractivity contribution in [2.24, 2.45) is 0 Å². The molecule has 2 aromatic rings. The van der Waals surface area contributed by atoms with Gasteiger partial charge < -0.3 is 14.7 Å². The van der Waals surface area contributed by atoms with Crippen LogP contribution in [0.2, 0.25) is 0 Å². The molecule has 25 heavy (non-hydrogen) atoms. The summed E-state index contributed by atoms with van der Waals surface area (Å²) >= 11 is 0. The van der Waals surface area contributed by atoms with Crippen LogP contribution in [0.25, 0.3) is 0 Å². The number of anilines is 1. The lowest BCUT2D eigenvalue weighted by Gasteiger charge is -2.18. The fourth-order valence-corrected chi connectivity index (χ4v) is 4.05. The predicted octanol–water partition coefficient (Wildman–Crippen LogP) is 1.30. The molecule has 1 fully saturated rings. The number of hydrogen-bond acceptors (Lipinski definition) is 5. The maximum absolute atomic E-state index is 12.2. The third kappa shape index (κ3) is 4.66. The monoisotopic (exact) mass is 366 g/mol. The Kier molecular flexibility index (Phi) is 5.17. The minimum Gasteiger partial charge on any atom is -0.355 e. The van der Waals surface area contributed by atoms with E-state index in [1.807, 2.05) is 0 Å². The Labute approximate surface area is 143 Å². The third-order valence-corrected chi connectivity index (χ3v) is 5.44.